The Hall–Kier alpha value is -1.35. The van der Waals surface area contributed by atoms with E-state index in [9.17, 15) is 9.18 Å². The fourth-order valence-electron chi connectivity index (χ4n) is 1.44. The molecule has 0 spiro atoms. The smallest absolute Gasteiger partial charge is 0.191 e. The predicted octanol–water partition coefficient (Wildman–Crippen LogP) is 2.63. The zero-order valence-electron chi connectivity index (χ0n) is 7.40. The fraction of sp³-hybridized carbons (Fsp3) is 0.100. The maximum Gasteiger partial charge on any atom is 0.191 e. The summed E-state index contributed by atoms with van der Waals surface area (Å²) in [5.74, 6) is -0.455. The van der Waals surface area contributed by atoms with Gasteiger partial charge in [-0.25, -0.2) is 4.39 Å². The molecule has 1 heterocycles. The van der Waals surface area contributed by atoms with Crippen molar-refractivity contribution in [1.29, 1.82) is 0 Å². The number of aryl methyl sites for hydroxylation is 1. The van der Waals surface area contributed by atoms with Crippen LogP contribution in [0.25, 0.3) is 10.9 Å². The molecule has 0 aliphatic rings. The number of rotatable bonds is 0. The van der Waals surface area contributed by atoms with Gasteiger partial charge in [-0.15, -0.1) is 0 Å². The second-order valence-electron chi connectivity index (χ2n) is 3.13. The van der Waals surface area contributed by atoms with Crippen LogP contribution >= 0.6 is 11.6 Å². The van der Waals surface area contributed by atoms with Crippen LogP contribution in [-0.4, -0.2) is 4.98 Å². The van der Waals surface area contributed by atoms with E-state index in [4.69, 9.17) is 11.6 Å². The number of hydrogen-bond acceptors (Lipinski definition) is 1. The lowest BCUT2D eigenvalue weighted by atomic mass is 10.2. The van der Waals surface area contributed by atoms with Gasteiger partial charge in [0.2, 0.25) is 0 Å². The van der Waals surface area contributed by atoms with Gasteiger partial charge in [-0.05, 0) is 19.1 Å². The van der Waals surface area contributed by atoms with Crippen LogP contribution < -0.4 is 5.43 Å². The topological polar surface area (TPSA) is 32.9 Å². The summed E-state index contributed by atoms with van der Waals surface area (Å²) in [7, 11) is 0. The molecule has 2 rings (SSSR count). The summed E-state index contributed by atoms with van der Waals surface area (Å²) >= 11 is 5.76. The van der Waals surface area contributed by atoms with E-state index in [1.807, 2.05) is 0 Å². The maximum atomic E-state index is 13.0. The Morgan fingerprint density at radius 3 is 2.79 bits per heavy atom. The van der Waals surface area contributed by atoms with Crippen molar-refractivity contribution < 1.29 is 4.39 Å². The fourth-order valence-corrected chi connectivity index (χ4v) is 1.74. The lowest BCUT2D eigenvalue weighted by Gasteiger charge is -2.01. The van der Waals surface area contributed by atoms with Crippen LogP contribution in [-0.2, 0) is 0 Å². The number of aromatic amines is 1. The molecular formula is C10H7ClFNO. The van der Waals surface area contributed by atoms with Gasteiger partial charge in [-0.3, -0.25) is 4.79 Å². The molecule has 1 aromatic heterocycles. The average Bonchev–Trinajstić information content (AvgIpc) is 1.99. The van der Waals surface area contributed by atoms with Crippen LogP contribution in [0.15, 0.2) is 23.0 Å². The summed E-state index contributed by atoms with van der Waals surface area (Å²) in [6, 6.07) is 3.83. The van der Waals surface area contributed by atoms with E-state index in [-0.39, 0.29) is 10.5 Å². The van der Waals surface area contributed by atoms with Gasteiger partial charge < -0.3 is 4.98 Å². The Bertz CT molecular complexity index is 557. The van der Waals surface area contributed by atoms with E-state index < -0.39 is 5.82 Å². The Morgan fingerprint density at radius 2 is 2.07 bits per heavy atom. The summed E-state index contributed by atoms with van der Waals surface area (Å²) in [4.78, 5) is 14.4. The van der Waals surface area contributed by atoms with Gasteiger partial charge in [-0.1, -0.05) is 11.6 Å². The van der Waals surface area contributed by atoms with Gasteiger partial charge in [-0.2, -0.15) is 0 Å². The zero-order valence-corrected chi connectivity index (χ0v) is 8.15. The molecule has 72 valence electrons. The SMILES string of the molecule is Cc1cc(=O)c2c(Cl)cc(F)cc2[nH]1. The molecule has 0 saturated heterocycles. The number of H-pyrrole nitrogens is 1. The Balaban J connectivity index is 3.02. The molecule has 0 bridgehead atoms. The van der Waals surface area contributed by atoms with Gasteiger partial charge in [0.15, 0.2) is 5.43 Å². The Labute approximate surface area is 84.3 Å². The van der Waals surface area contributed by atoms with E-state index >= 15 is 0 Å². The van der Waals surface area contributed by atoms with Crippen molar-refractivity contribution in [2.24, 2.45) is 0 Å². The van der Waals surface area contributed by atoms with E-state index in [0.29, 0.717) is 16.6 Å². The number of benzene rings is 1. The minimum Gasteiger partial charge on any atom is -0.358 e. The number of nitrogens with one attached hydrogen (secondary N) is 1. The van der Waals surface area contributed by atoms with Gasteiger partial charge in [0, 0.05) is 11.8 Å². The van der Waals surface area contributed by atoms with E-state index in [1.54, 1.807) is 6.92 Å². The number of aromatic nitrogens is 1. The first-order valence-electron chi connectivity index (χ1n) is 4.06. The van der Waals surface area contributed by atoms with E-state index in [2.05, 4.69) is 4.98 Å². The summed E-state index contributed by atoms with van der Waals surface area (Å²) in [5, 5.41) is 0.472. The number of pyridine rings is 1. The zero-order chi connectivity index (χ0) is 10.3. The first-order valence-corrected chi connectivity index (χ1v) is 4.44. The highest BCUT2D eigenvalue weighted by Gasteiger charge is 2.06. The van der Waals surface area contributed by atoms with Crippen LogP contribution in [0.4, 0.5) is 4.39 Å². The first kappa shape index (κ1) is 9.21. The van der Waals surface area contributed by atoms with Gasteiger partial charge >= 0.3 is 0 Å². The van der Waals surface area contributed by atoms with Crippen molar-refractivity contribution >= 4 is 22.5 Å². The summed E-state index contributed by atoms with van der Waals surface area (Å²) in [6.07, 6.45) is 0. The van der Waals surface area contributed by atoms with Crippen LogP contribution in [0, 0.1) is 12.7 Å². The predicted molar refractivity (Wildman–Crippen MR) is 54.3 cm³/mol. The molecule has 1 N–H and O–H groups in total. The van der Waals surface area contributed by atoms with E-state index in [1.165, 1.54) is 12.1 Å². The summed E-state index contributed by atoms with van der Waals surface area (Å²) in [6.45, 7) is 1.74. The summed E-state index contributed by atoms with van der Waals surface area (Å²) < 4.78 is 13.0. The van der Waals surface area contributed by atoms with Crippen molar-refractivity contribution in [2.75, 3.05) is 0 Å². The molecular weight excluding hydrogens is 205 g/mol. The molecule has 2 aromatic rings. The van der Waals surface area contributed by atoms with Gasteiger partial charge in [0.1, 0.15) is 5.82 Å². The first-order chi connectivity index (χ1) is 6.58. The third-order valence-corrected chi connectivity index (χ3v) is 2.28. The van der Waals surface area contributed by atoms with Crippen molar-refractivity contribution in [2.45, 2.75) is 6.92 Å². The second kappa shape index (κ2) is 3.10. The lowest BCUT2D eigenvalue weighted by molar-refractivity contribution is 0.629. The quantitative estimate of drug-likeness (QED) is 0.714. The molecule has 0 unspecified atom stereocenters. The van der Waals surface area contributed by atoms with Crippen molar-refractivity contribution in [3.63, 3.8) is 0 Å². The average molecular weight is 212 g/mol. The van der Waals surface area contributed by atoms with E-state index in [0.717, 1.165) is 6.07 Å². The minimum absolute atomic E-state index is 0.140. The molecule has 0 aliphatic carbocycles. The molecule has 0 aliphatic heterocycles. The number of fused-ring (bicyclic) bond motifs is 1. The molecule has 14 heavy (non-hydrogen) atoms. The third kappa shape index (κ3) is 1.40. The van der Waals surface area contributed by atoms with Crippen LogP contribution in [0.1, 0.15) is 5.69 Å². The Morgan fingerprint density at radius 1 is 1.36 bits per heavy atom. The lowest BCUT2D eigenvalue weighted by Crippen LogP contribution is -2.03. The highest BCUT2D eigenvalue weighted by molar-refractivity contribution is 6.35. The molecule has 0 radical (unpaired) electrons. The van der Waals surface area contributed by atoms with Crippen molar-refractivity contribution in [1.82, 2.24) is 4.98 Å². The molecule has 0 fully saturated rings. The van der Waals surface area contributed by atoms with Crippen LogP contribution in [0.5, 0.6) is 0 Å². The minimum atomic E-state index is -0.455. The molecule has 2 nitrogen and oxygen atoms in total. The largest absolute Gasteiger partial charge is 0.358 e. The van der Waals surface area contributed by atoms with Crippen molar-refractivity contribution in [3.8, 4) is 0 Å². The summed E-state index contributed by atoms with van der Waals surface area (Å²) in [5.41, 5.74) is 0.922. The number of halogens is 2. The van der Waals surface area contributed by atoms with Crippen LogP contribution in [0.3, 0.4) is 0 Å². The Kier molecular flexibility index (Phi) is 2.04. The molecule has 4 heteroatoms. The molecule has 1 aromatic carbocycles. The highest BCUT2D eigenvalue weighted by atomic mass is 35.5. The highest BCUT2D eigenvalue weighted by Crippen LogP contribution is 2.20. The van der Waals surface area contributed by atoms with Gasteiger partial charge in [0.05, 0.1) is 15.9 Å². The van der Waals surface area contributed by atoms with Crippen LogP contribution in [0.2, 0.25) is 5.02 Å². The maximum absolute atomic E-state index is 13.0. The molecule has 0 saturated carbocycles. The second-order valence-corrected chi connectivity index (χ2v) is 3.53. The number of hydrogen-bond donors (Lipinski definition) is 1. The third-order valence-electron chi connectivity index (χ3n) is 1.98. The normalized spacial score (nSPS) is 10.8. The molecule has 0 amide bonds. The van der Waals surface area contributed by atoms with Crippen molar-refractivity contribution in [3.05, 3.63) is 45.0 Å². The standard InChI is InChI=1S/C10H7ClFNO/c1-5-2-9(14)10-7(11)3-6(12)4-8(10)13-5/h2-4H,1H3,(H,13,14). The molecule has 0 atom stereocenters. The van der Waals surface area contributed by atoms with Gasteiger partial charge in [0.25, 0.3) is 0 Å². The monoisotopic (exact) mass is 211 g/mol.